The van der Waals surface area contributed by atoms with E-state index >= 15 is 0 Å². The Morgan fingerprint density at radius 3 is 2.40 bits per heavy atom. The smallest absolute Gasteiger partial charge is 0.186 e. The van der Waals surface area contributed by atoms with Crippen LogP contribution in [0.25, 0.3) is 11.0 Å². The number of ketones is 2. The lowest BCUT2D eigenvalue weighted by Gasteiger charge is -2.27. The van der Waals surface area contributed by atoms with Crippen molar-refractivity contribution in [2.24, 2.45) is 0 Å². The number of Topliss-reactive ketones (excluding diaryl/α,β-unsaturated/α-hetero) is 2. The summed E-state index contributed by atoms with van der Waals surface area (Å²) in [6.45, 7) is 2.39. The molecule has 5 aromatic rings. The van der Waals surface area contributed by atoms with Gasteiger partial charge in [0, 0.05) is 36.2 Å². The number of aromatic nitrogens is 3. The highest BCUT2D eigenvalue weighted by atomic mass is 16.5. The molecule has 1 unspecified atom stereocenters. The Bertz CT molecular complexity index is 1750. The van der Waals surface area contributed by atoms with Crippen LogP contribution in [0.3, 0.4) is 0 Å². The SMILES string of the molecule is COCc1nc2c(C3(c4ccncc4)C(=O)c4cc(OCc5ccccc5)cc(C)c4C3=O)ccc(OC)c2[nH]1. The monoisotopic (exact) mass is 533 g/mol. The second kappa shape index (κ2) is 10.1. The maximum Gasteiger partial charge on any atom is 0.186 e. The van der Waals surface area contributed by atoms with Crippen molar-refractivity contribution in [3.63, 3.8) is 0 Å². The summed E-state index contributed by atoms with van der Waals surface area (Å²) >= 11 is 0. The van der Waals surface area contributed by atoms with Crippen LogP contribution in [0.5, 0.6) is 11.5 Å². The summed E-state index contributed by atoms with van der Waals surface area (Å²) in [5.74, 6) is 0.968. The van der Waals surface area contributed by atoms with Crippen LogP contribution >= 0.6 is 0 Å². The van der Waals surface area contributed by atoms with Gasteiger partial charge in [-0.25, -0.2) is 4.98 Å². The number of aryl methyl sites for hydroxylation is 1. The van der Waals surface area contributed by atoms with Crippen molar-refractivity contribution in [2.75, 3.05) is 14.2 Å². The highest BCUT2D eigenvalue weighted by Crippen LogP contribution is 2.49. The van der Waals surface area contributed by atoms with Crippen molar-refractivity contribution in [2.45, 2.75) is 25.6 Å². The van der Waals surface area contributed by atoms with E-state index in [2.05, 4.69) is 9.97 Å². The van der Waals surface area contributed by atoms with E-state index in [9.17, 15) is 9.59 Å². The minimum absolute atomic E-state index is 0.225. The van der Waals surface area contributed by atoms with Crippen LogP contribution in [0.4, 0.5) is 0 Å². The molecule has 1 N–H and O–H groups in total. The Morgan fingerprint density at radius 1 is 0.900 bits per heavy atom. The van der Waals surface area contributed by atoms with Crippen LogP contribution in [-0.4, -0.2) is 40.7 Å². The number of rotatable bonds is 8. The molecule has 6 rings (SSSR count). The third-order valence-electron chi connectivity index (χ3n) is 7.38. The molecule has 2 aromatic heterocycles. The number of hydrogen-bond acceptors (Lipinski definition) is 7. The van der Waals surface area contributed by atoms with Crippen LogP contribution < -0.4 is 9.47 Å². The fourth-order valence-electron chi connectivity index (χ4n) is 5.61. The zero-order chi connectivity index (χ0) is 27.9. The average molecular weight is 534 g/mol. The van der Waals surface area contributed by atoms with Gasteiger partial charge in [-0.3, -0.25) is 14.6 Å². The molecule has 0 aliphatic heterocycles. The van der Waals surface area contributed by atoms with Gasteiger partial charge in [0.25, 0.3) is 0 Å². The topological polar surface area (TPSA) is 103 Å². The Morgan fingerprint density at radius 2 is 1.68 bits per heavy atom. The van der Waals surface area contributed by atoms with Crippen molar-refractivity contribution in [3.05, 3.63) is 118 Å². The quantitative estimate of drug-likeness (QED) is 0.268. The van der Waals surface area contributed by atoms with E-state index in [1.54, 1.807) is 56.9 Å². The number of aromatic amines is 1. The van der Waals surface area contributed by atoms with Crippen molar-refractivity contribution in [3.8, 4) is 11.5 Å². The third-order valence-corrected chi connectivity index (χ3v) is 7.38. The molecular formula is C32H27N3O5. The summed E-state index contributed by atoms with van der Waals surface area (Å²) < 4.78 is 16.9. The molecule has 0 fully saturated rings. The fraction of sp³-hybridized carbons (Fsp3) is 0.188. The molecule has 2 heterocycles. The number of benzene rings is 3. The lowest BCUT2D eigenvalue weighted by Crippen LogP contribution is -2.40. The number of ether oxygens (including phenoxy) is 3. The lowest BCUT2D eigenvalue weighted by molar-refractivity contribution is 0.0829. The number of hydrogen-bond donors (Lipinski definition) is 1. The molecular weight excluding hydrogens is 506 g/mol. The van der Waals surface area contributed by atoms with Crippen molar-refractivity contribution < 1.29 is 23.8 Å². The number of nitrogens with one attached hydrogen (secondary N) is 1. The van der Waals surface area contributed by atoms with Crippen LogP contribution in [-0.2, 0) is 23.4 Å². The van der Waals surface area contributed by atoms with Gasteiger partial charge in [-0.05, 0) is 53.9 Å². The maximum atomic E-state index is 14.6. The number of carbonyl (C=O) groups excluding carboxylic acids is 2. The maximum absolute atomic E-state index is 14.6. The van der Waals surface area contributed by atoms with Crippen molar-refractivity contribution in [1.29, 1.82) is 0 Å². The molecule has 8 heteroatoms. The van der Waals surface area contributed by atoms with Gasteiger partial charge < -0.3 is 19.2 Å². The Hall–Kier alpha value is -4.82. The summed E-state index contributed by atoms with van der Waals surface area (Å²) in [6.07, 6.45) is 3.17. The lowest BCUT2D eigenvalue weighted by atomic mass is 9.70. The second-order valence-electron chi connectivity index (χ2n) is 9.74. The minimum atomic E-state index is -1.67. The summed E-state index contributed by atoms with van der Waals surface area (Å²) in [5.41, 5.74) is 2.73. The molecule has 0 amide bonds. The van der Waals surface area contributed by atoms with Gasteiger partial charge in [-0.2, -0.15) is 0 Å². The number of H-pyrrole nitrogens is 1. The first-order valence-electron chi connectivity index (χ1n) is 12.9. The zero-order valence-corrected chi connectivity index (χ0v) is 22.4. The number of methoxy groups -OCH3 is 2. The molecule has 0 radical (unpaired) electrons. The van der Waals surface area contributed by atoms with Gasteiger partial charge in [0.05, 0.1) is 12.6 Å². The summed E-state index contributed by atoms with van der Waals surface area (Å²) in [6, 6.07) is 20.2. The molecule has 1 aliphatic carbocycles. The second-order valence-corrected chi connectivity index (χ2v) is 9.74. The van der Waals surface area contributed by atoms with E-state index in [0.717, 1.165) is 5.56 Å². The summed E-state index contributed by atoms with van der Waals surface area (Å²) in [4.78, 5) is 41.4. The first kappa shape index (κ1) is 25.5. The average Bonchev–Trinajstić information content (AvgIpc) is 3.50. The van der Waals surface area contributed by atoms with E-state index in [1.807, 2.05) is 43.3 Å². The minimum Gasteiger partial charge on any atom is -0.494 e. The normalized spacial score (nSPS) is 16.4. The molecule has 1 aliphatic rings. The standard InChI is InChI=1S/C32H27N3O5/c1-19-15-22(40-17-20-7-5-4-6-8-20)16-23-27(19)31(37)32(30(23)36,21-11-13-33-14-12-21)24-9-10-25(39-3)29-28(24)34-26(35-29)18-38-2/h4-16H,17-18H2,1-3H3,(H,34,35). The number of nitrogens with zero attached hydrogens (tertiary/aromatic N) is 2. The fourth-order valence-corrected chi connectivity index (χ4v) is 5.61. The van der Waals surface area contributed by atoms with Crippen LogP contribution in [0.2, 0.25) is 0 Å². The van der Waals surface area contributed by atoms with Crippen LogP contribution in [0.15, 0.2) is 79.1 Å². The van der Waals surface area contributed by atoms with Crippen LogP contribution in [0.1, 0.15) is 48.8 Å². The van der Waals surface area contributed by atoms with Gasteiger partial charge in [-0.15, -0.1) is 0 Å². The molecule has 1 atom stereocenters. The Balaban J connectivity index is 1.55. The largest absolute Gasteiger partial charge is 0.494 e. The van der Waals surface area contributed by atoms with Crippen LogP contribution in [0, 0.1) is 6.92 Å². The summed E-state index contributed by atoms with van der Waals surface area (Å²) in [5, 5.41) is 0. The van der Waals surface area contributed by atoms with E-state index in [1.165, 1.54) is 0 Å². The van der Waals surface area contributed by atoms with Gasteiger partial charge in [-0.1, -0.05) is 36.4 Å². The van der Waals surface area contributed by atoms with Gasteiger partial charge >= 0.3 is 0 Å². The predicted octanol–water partition coefficient (Wildman–Crippen LogP) is 5.37. The highest BCUT2D eigenvalue weighted by Gasteiger charge is 2.57. The number of pyridine rings is 1. The molecule has 0 bridgehead atoms. The first-order valence-corrected chi connectivity index (χ1v) is 12.9. The molecule has 0 spiro atoms. The molecule has 0 saturated heterocycles. The van der Waals surface area contributed by atoms with Crippen molar-refractivity contribution in [1.82, 2.24) is 15.0 Å². The Kier molecular flexibility index (Phi) is 6.40. The highest BCUT2D eigenvalue weighted by molar-refractivity contribution is 6.36. The number of carbonyl (C=O) groups is 2. The molecule has 8 nitrogen and oxygen atoms in total. The predicted molar refractivity (Wildman–Crippen MR) is 149 cm³/mol. The summed E-state index contributed by atoms with van der Waals surface area (Å²) in [7, 11) is 3.14. The van der Waals surface area contributed by atoms with E-state index in [0.29, 0.717) is 62.8 Å². The number of imidazole rings is 1. The van der Waals surface area contributed by atoms with Crippen molar-refractivity contribution >= 4 is 22.6 Å². The molecule has 0 saturated carbocycles. The van der Waals surface area contributed by atoms with E-state index < -0.39 is 5.41 Å². The van der Waals surface area contributed by atoms with Gasteiger partial charge in [0.1, 0.15) is 41.5 Å². The van der Waals surface area contributed by atoms with E-state index in [4.69, 9.17) is 19.2 Å². The van der Waals surface area contributed by atoms with E-state index in [-0.39, 0.29) is 18.2 Å². The Labute approximate surface area is 231 Å². The third kappa shape index (κ3) is 3.87. The molecule has 40 heavy (non-hydrogen) atoms. The number of fused-ring (bicyclic) bond motifs is 2. The van der Waals surface area contributed by atoms with Gasteiger partial charge in [0.2, 0.25) is 0 Å². The zero-order valence-electron chi connectivity index (χ0n) is 22.4. The van der Waals surface area contributed by atoms with Gasteiger partial charge in [0.15, 0.2) is 11.6 Å². The molecule has 3 aromatic carbocycles. The molecule has 200 valence electrons. The first-order chi connectivity index (χ1) is 19.5.